The van der Waals surface area contributed by atoms with Crippen molar-refractivity contribution in [1.82, 2.24) is 5.32 Å². The molecule has 5 nitrogen and oxygen atoms in total. The van der Waals surface area contributed by atoms with Crippen LogP contribution in [0.4, 0.5) is 11.4 Å². The van der Waals surface area contributed by atoms with E-state index in [-0.39, 0.29) is 10.9 Å². The minimum Gasteiger partial charge on any atom is -0.451 e. The number of anilines is 2. The van der Waals surface area contributed by atoms with E-state index in [1.807, 2.05) is 12.1 Å². The largest absolute Gasteiger partial charge is 0.451 e. The number of hydrogen-bond acceptors (Lipinski definition) is 4. The van der Waals surface area contributed by atoms with Crippen LogP contribution in [0.5, 0.6) is 0 Å². The molecule has 1 amide bonds. The van der Waals surface area contributed by atoms with Crippen molar-refractivity contribution < 1.29 is 9.21 Å². The van der Waals surface area contributed by atoms with Crippen molar-refractivity contribution in [3.8, 4) is 11.3 Å². The van der Waals surface area contributed by atoms with Crippen molar-refractivity contribution in [3.05, 3.63) is 70.4 Å². The maximum atomic E-state index is 12.5. The van der Waals surface area contributed by atoms with Gasteiger partial charge in [0.15, 0.2) is 10.9 Å². The maximum Gasteiger partial charge on any atom is 0.293 e. The zero-order valence-corrected chi connectivity index (χ0v) is 19.9. The third kappa shape index (κ3) is 5.44. The number of thiocarbonyl (C=S) groups is 1. The Bertz CT molecular complexity index is 1120. The van der Waals surface area contributed by atoms with Crippen LogP contribution in [-0.2, 0) is 0 Å². The molecule has 0 aliphatic carbocycles. The first-order chi connectivity index (χ1) is 15.4. The summed E-state index contributed by atoms with van der Waals surface area (Å²) in [6.07, 6.45) is 2.43. The quantitative estimate of drug-likeness (QED) is 0.405. The topological polar surface area (TPSA) is 57.5 Å². The summed E-state index contributed by atoms with van der Waals surface area (Å²) in [7, 11) is 0. The summed E-state index contributed by atoms with van der Waals surface area (Å²) in [5, 5.41) is 6.87. The first-order valence-corrected chi connectivity index (χ1v) is 11.6. The number of furan rings is 1. The lowest BCUT2D eigenvalue weighted by molar-refractivity contribution is 0.0951. The van der Waals surface area contributed by atoms with Crippen LogP contribution >= 0.6 is 35.4 Å². The molecule has 2 heterocycles. The molecule has 8 heteroatoms. The van der Waals surface area contributed by atoms with Crippen molar-refractivity contribution in [1.29, 1.82) is 0 Å². The van der Waals surface area contributed by atoms with E-state index in [0.717, 1.165) is 24.7 Å². The molecule has 0 atom stereocenters. The third-order valence-corrected chi connectivity index (χ3v) is 6.29. The standard InChI is InChI=1S/C24H23Cl2N3O2S/c1-15-10-12-29(13-11-15)18-5-3-17(4-6-18)27-24(32)28-23(30)22-9-8-21(31-22)19-14-16(25)2-7-20(19)26/h2-9,14-15H,10-13H2,1H3,(H2,27,28,30,32). The summed E-state index contributed by atoms with van der Waals surface area (Å²) in [6, 6.07) is 16.3. The highest BCUT2D eigenvalue weighted by Crippen LogP contribution is 2.32. The van der Waals surface area contributed by atoms with Crippen LogP contribution in [-0.4, -0.2) is 24.1 Å². The van der Waals surface area contributed by atoms with Crippen LogP contribution in [0.25, 0.3) is 11.3 Å². The zero-order valence-electron chi connectivity index (χ0n) is 17.5. The van der Waals surface area contributed by atoms with Crippen molar-refractivity contribution in [2.24, 2.45) is 5.92 Å². The van der Waals surface area contributed by atoms with E-state index in [2.05, 4.69) is 34.6 Å². The van der Waals surface area contributed by atoms with Crippen LogP contribution in [0, 0.1) is 5.92 Å². The summed E-state index contributed by atoms with van der Waals surface area (Å²) >= 11 is 17.5. The molecule has 1 aromatic heterocycles. The molecule has 2 aromatic carbocycles. The van der Waals surface area contributed by atoms with Gasteiger partial charge in [-0.2, -0.15) is 0 Å². The molecule has 4 rings (SSSR count). The monoisotopic (exact) mass is 487 g/mol. The summed E-state index contributed by atoms with van der Waals surface area (Å²) in [5.41, 5.74) is 2.61. The Morgan fingerprint density at radius 3 is 2.50 bits per heavy atom. The van der Waals surface area contributed by atoms with E-state index in [1.165, 1.54) is 18.5 Å². The lowest BCUT2D eigenvalue weighted by Crippen LogP contribution is -2.34. The number of piperidine rings is 1. The molecular formula is C24H23Cl2N3O2S. The van der Waals surface area contributed by atoms with Crippen molar-refractivity contribution in [3.63, 3.8) is 0 Å². The molecule has 1 fully saturated rings. The highest BCUT2D eigenvalue weighted by Gasteiger charge is 2.17. The Labute approximate surface area is 202 Å². The van der Waals surface area contributed by atoms with Gasteiger partial charge in [-0.1, -0.05) is 30.1 Å². The minimum atomic E-state index is -0.453. The number of halogens is 2. The van der Waals surface area contributed by atoms with E-state index >= 15 is 0 Å². The van der Waals surface area contributed by atoms with E-state index in [1.54, 1.807) is 30.3 Å². The number of benzene rings is 2. The molecular weight excluding hydrogens is 465 g/mol. The van der Waals surface area contributed by atoms with E-state index < -0.39 is 5.91 Å². The molecule has 1 saturated heterocycles. The number of nitrogens with one attached hydrogen (secondary N) is 2. The van der Waals surface area contributed by atoms with Crippen molar-refractivity contribution in [2.45, 2.75) is 19.8 Å². The second-order valence-electron chi connectivity index (χ2n) is 7.91. The van der Waals surface area contributed by atoms with Crippen molar-refractivity contribution in [2.75, 3.05) is 23.3 Å². The molecule has 0 spiro atoms. The molecule has 0 bridgehead atoms. The Morgan fingerprint density at radius 2 is 1.78 bits per heavy atom. The number of hydrogen-bond donors (Lipinski definition) is 2. The van der Waals surface area contributed by atoms with Gasteiger partial charge in [-0.15, -0.1) is 0 Å². The van der Waals surface area contributed by atoms with E-state index in [9.17, 15) is 4.79 Å². The number of carbonyl (C=O) groups is 1. The van der Waals surface area contributed by atoms with Gasteiger partial charge in [-0.05, 0) is 85.6 Å². The summed E-state index contributed by atoms with van der Waals surface area (Å²) in [4.78, 5) is 14.9. The van der Waals surface area contributed by atoms with Gasteiger partial charge in [0, 0.05) is 35.1 Å². The summed E-state index contributed by atoms with van der Waals surface area (Å²) < 4.78 is 5.66. The van der Waals surface area contributed by atoms with Crippen LogP contribution in [0.3, 0.4) is 0 Å². The van der Waals surface area contributed by atoms with Gasteiger partial charge in [-0.3, -0.25) is 10.1 Å². The zero-order chi connectivity index (χ0) is 22.7. The number of amides is 1. The van der Waals surface area contributed by atoms with Gasteiger partial charge in [0.05, 0.1) is 5.02 Å². The summed E-state index contributed by atoms with van der Waals surface area (Å²) in [5.74, 6) is 0.908. The van der Waals surface area contributed by atoms with E-state index in [4.69, 9.17) is 39.8 Å². The third-order valence-electron chi connectivity index (χ3n) is 5.52. The molecule has 2 N–H and O–H groups in total. The van der Waals surface area contributed by atoms with Gasteiger partial charge in [0.25, 0.3) is 5.91 Å². The fourth-order valence-corrected chi connectivity index (χ4v) is 4.23. The molecule has 1 aliphatic heterocycles. The lowest BCUT2D eigenvalue weighted by Gasteiger charge is -2.32. The second-order valence-corrected chi connectivity index (χ2v) is 9.16. The highest BCUT2D eigenvalue weighted by molar-refractivity contribution is 7.80. The fraction of sp³-hybridized carbons (Fsp3) is 0.250. The lowest BCUT2D eigenvalue weighted by atomic mass is 9.99. The predicted octanol–water partition coefficient (Wildman–Crippen LogP) is 6.62. The first-order valence-electron chi connectivity index (χ1n) is 10.4. The first kappa shape index (κ1) is 22.6. The molecule has 32 heavy (non-hydrogen) atoms. The van der Waals surface area contributed by atoms with Gasteiger partial charge in [0.1, 0.15) is 5.76 Å². The Morgan fingerprint density at radius 1 is 1.06 bits per heavy atom. The van der Waals surface area contributed by atoms with Gasteiger partial charge in [-0.25, -0.2) is 0 Å². The average molecular weight is 488 g/mol. The Balaban J connectivity index is 1.35. The van der Waals surface area contributed by atoms with Crippen molar-refractivity contribution >= 4 is 57.8 Å². The molecule has 0 radical (unpaired) electrons. The number of carbonyl (C=O) groups excluding carboxylic acids is 1. The molecule has 166 valence electrons. The molecule has 1 aliphatic rings. The number of nitrogens with zero attached hydrogens (tertiary/aromatic N) is 1. The average Bonchev–Trinajstić information content (AvgIpc) is 3.27. The van der Waals surface area contributed by atoms with E-state index in [0.29, 0.717) is 21.4 Å². The van der Waals surface area contributed by atoms with Gasteiger partial charge >= 0.3 is 0 Å². The smallest absolute Gasteiger partial charge is 0.293 e. The van der Waals surface area contributed by atoms with Crippen LogP contribution in [0.15, 0.2) is 59.0 Å². The highest BCUT2D eigenvalue weighted by atomic mass is 35.5. The second kappa shape index (κ2) is 9.94. The normalized spacial score (nSPS) is 14.3. The fourth-order valence-electron chi connectivity index (χ4n) is 3.64. The summed E-state index contributed by atoms with van der Waals surface area (Å²) in [6.45, 7) is 4.46. The Kier molecular flexibility index (Phi) is 7.04. The number of rotatable bonds is 4. The molecule has 0 saturated carbocycles. The Hall–Kier alpha value is -2.54. The predicted molar refractivity (Wildman–Crippen MR) is 135 cm³/mol. The van der Waals surface area contributed by atoms with Gasteiger partial charge < -0.3 is 14.6 Å². The SMILES string of the molecule is CC1CCN(c2ccc(NC(=S)NC(=O)c3ccc(-c4cc(Cl)ccc4Cl)o3)cc2)CC1. The van der Waals surface area contributed by atoms with Crippen LogP contribution in [0.2, 0.25) is 10.0 Å². The van der Waals surface area contributed by atoms with Gasteiger partial charge in [0.2, 0.25) is 0 Å². The van der Waals surface area contributed by atoms with Crippen LogP contribution in [0.1, 0.15) is 30.3 Å². The van der Waals surface area contributed by atoms with Crippen LogP contribution < -0.4 is 15.5 Å². The molecule has 0 unspecified atom stereocenters. The maximum absolute atomic E-state index is 12.5. The minimum absolute atomic E-state index is 0.120. The molecule has 3 aromatic rings.